The average molecular weight is 261 g/mol. The van der Waals surface area contributed by atoms with Crippen LogP contribution in [0.5, 0.6) is 0 Å². The Hall–Kier alpha value is -2.25. The number of guanidine groups is 1. The third kappa shape index (κ3) is 1.31. The van der Waals surface area contributed by atoms with Gasteiger partial charge in [0.15, 0.2) is 0 Å². The van der Waals surface area contributed by atoms with E-state index in [-0.39, 0.29) is 17.1 Å². The largest absolute Gasteiger partial charge is 0.361 e. The molecule has 0 saturated carbocycles. The molecule has 98 valence electrons. The van der Waals surface area contributed by atoms with Gasteiger partial charge in [-0.3, -0.25) is 14.9 Å². The van der Waals surface area contributed by atoms with Gasteiger partial charge in [-0.25, -0.2) is 4.99 Å². The van der Waals surface area contributed by atoms with Crippen LogP contribution in [0.1, 0.15) is 22.8 Å². The molecule has 7 heteroatoms. The Balaban J connectivity index is 2.15. The second-order valence-electron chi connectivity index (χ2n) is 4.52. The van der Waals surface area contributed by atoms with Gasteiger partial charge in [0.05, 0.1) is 0 Å². The first-order chi connectivity index (χ1) is 8.88. The molecule has 0 radical (unpaired) electrons. The number of hydrogen-bond donors (Lipinski definition) is 4. The van der Waals surface area contributed by atoms with Crippen LogP contribution >= 0.6 is 0 Å². The molecule has 3 rings (SSSR count). The van der Waals surface area contributed by atoms with Crippen molar-refractivity contribution in [1.82, 2.24) is 10.6 Å². The van der Waals surface area contributed by atoms with E-state index in [1.807, 2.05) is 0 Å². The minimum absolute atomic E-state index is 0.139. The number of carbonyl (C=O) groups is 2. The average Bonchev–Trinajstić information content (AvgIpc) is 2.68. The predicted octanol–water partition coefficient (Wildman–Crippen LogP) is -1.19. The Labute approximate surface area is 108 Å². The molecule has 1 heterocycles. The number of rotatable bonds is 0. The summed E-state index contributed by atoms with van der Waals surface area (Å²) in [7, 11) is 0. The summed E-state index contributed by atoms with van der Waals surface area (Å²) in [5, 5.41) is 25.6. The topological polar surface area (TPSA) is 111 Å². The number of nitrogens with one attached hydrogen (secondary N) is 2. The number of carbonyl (C=O) groups excluding carboxylic acids is 2. The number of hydrogen-bond acceptors (Lipinski definition) is 6. The lowest BCUT2D eigenvalue weighted by molar-refractivity contribution is -0.118. The highest BCUT2D eigenvalue weighted by molar-refractivity contribution is 6.12. The maximum atomic E-state index is 12.2. The second-order valence-corrected chi connectivity index (χ2v) is 4.52. The molecule has 4 N–H and O–H groups in total. The lowest BCUT2D eigenvalue weighted by Gasteiger charge is -2.27. The van der Waals surface area contributed by atoms with E-state index < -0.39 is 23.1 Å². The lowest BCUT2D eigenvalue weighted by atomic mass is 10.0. The molecule has 0 aromatic heterocycles. The fourth-order valence-electron chi connectivity index (χ4n) is 2.41. The van der Waals surface area contributed by atoms with Crippen molar-refractivity contribution < 1.29 is 19.8 Å². The van der Waals surface area contributed by atoms with Crippen LogP contribution < -0.4 is 10.6 Å². The van der Waals surface area contributed by atoms with Gasteiger partial charge in [-0.1, -0.05) is 24.3 Å². The van der Waals surface area contributed by atoms with E-state index in [0.29, 0.717) is 0 Å². The molecule has 0 bridgehead atoms. The molecule has 1 aromatic rings. The van der Waals surface area contributed by atoms with Gasteiger partial charge >= 0.3 is 0 Å². The van der Waals surface area contributed by atoms with Gasteiger partial charge in [0.25, 0.3) is 5.72 Å². The number of fused-ring (bicyclic) bond motifs is 3. The number of amides is 1. The second kappa shape index (κ2) is 3.40. The molecule has 0 fully saturated rings. The van der Waals surface area contributed by atoms with Crippen LogP contribution in [0.4, 0.5) is 0 Å². The number of aliphatic hydroxyl groups is 2. The number of benzene rings is 1. The SMILES string of the molecule is CC(=O)NC1=NC2(O)c3ccccc3C(=O)C2(O)N1. The summed E-state index contributed by atoms with van der Waals surface area (Å²) >= 11 is 0. The first-order valence-corrected chi connectivity index (χ1v) is 5.63. The van der Waals surface area contributed by atoms with Gasteiger partial charge in [-0.2, -0.15) is 0 Å². The van der Waals surface area contributed by atoms with Crippen LogP contribution in [0.3, 0.4) is 0 Å². The van der Waals surface area contributed by atoms with Crippen molar-refractivity contribution in [1.29, 1.82) is 0 Å². The highest BCUT2D eigenvalue weighted by atomic mass is 16.4. The molecule has 2 unspecified atom stereocenters. The van der Waals surface area contributed by atoms with Gasteiger partial charge in [-0.05, 0) is 0 Å². The minimum Gasteiger partial charge on any atom is -0.361 e. The number of aliphatic imine (C=N–C) groups is 1. The maximum absolute atomic E-state index is 12.2. The molecule has 2 atom stereocenters. The fourth-order valence-corrected chi connectivity index (χ4v) is 2.41. The van der Waals surface area contributed by atoms with Crippen molar-refractivity contribution in [3.63, 3.8) is 0 Å². The highest BCUT2D eigenvalue weighted by Gasteiger charge is 2.67. The first-order valence-electron chi connectivity index (χ1n) is 5.63. The quantitative estimate of drug-likeness (QED) is 0.469. The molecule has 0 spiro atoms. The number of ketones is 1. The molecule has 1 aliphatic heterocycles. The van der Waals surface area contributed by atoms with Gasteiger partial charge < -0.3 is 15.5 Å². The van der Waals surface area contributed by atoms with Crippen molar-refractivity contribution >= 4 is 17.6 Å². The van der Waals surface area contributed by atoms with Crippen molar-refractivity contribution in [2.45, 2.75) is 18.4 Å². The zero-order chi connectivity index (χ0) is 13.8. The molecule has 2 aliphatic rings. The van der Waals surface area contributed by atoms with Crippen LogP contribution in [-0.2, 0) is 10.5 Å². The summed E-state index contributed by atoms with van der Waals surface area (Å²) in [6.07, 6.45) is 0. The lowest BCUT2D eigenvalue weighted by Crippen LogP contribution is -2.59. The van der Waals surface area contributed by atoms with Crippen LogP contribution in [0, 0.1) is 0 Å². The minimum atomic E-state index is -2.28. The van der Waals surface area contributed by atoms with Crippen LogP contribution in [0.2, 0.25) is 0 Å². The van der Waals surface area contributed by atoms with E-state index in [1.165, 1.54) is 19.1 Å². The van der Waals surface area contributed by atoms with Crippen molar-refractivity contribution in [2.75, 3.05) is 0 Å². The van der Waals surface area contributed by atoms with E-state index in [0.717, 1.165) is 0 Å². The van der Waals surface area contributed by atoms with E-state index in [1.54, 1.807) is 12.1 Å². The third-order valence-corrected chi connectivity index (χ3v) is 3.25. The normalized spacial score (nSPS) is 31.3. The zero-order valence-electron chi connectivity index (χ0n) is 9.97. The van der Waals surface area contributed by atoms with Crippen LogP contribution in [0.15, 0.2) is 29.3 Å². The molecular formula is C12H11N3O4. The van der Waals surface area contributed by atoms with Crippen LogP contribution in [-0.4, -0.2) is 33.6 Å². The summed E-state index contributed by atoms with van der Waals surface area (Å²) in [6.45, 7) is 1.25. The molecule has 1 aliphatic carbocycles. The Morgan fingerprint density at radius 3 is 2.74 bits per heavy atom. The van der Waals surface area contributed by atoms with Gasteiger partial charge in [0.1, 0.15) is 0 Å². The summed E-state index contributed by atoms with van der Waals surface area (Å²) < 4.78 is 0. The Bertz CT molecular complexity index is 642. The first kappa shape index (κ1) is 11.8. The monoisotopic (exact) mass is 261 g/mol. The van der Waals surface area contributed by atoms with Gasteiger partial charge in [0.2, 0.25) is 23.4 Å². The summed E-state index contributed by atoms with van der Waals surface area (Å²) in [4.78, 5) is 27.0. The van der Waals surface area contributed by atoms with Crippen molar-refractivity contribution in [2.24, 2.45) is 4.99 Å². The summed E-state index contributed by atoms with van der Waals surface area (Å²) in [6, 6.07) is 6.26. The van der Waals surface area contributed by atoms with E-state index in [9.17, 15) is 19.8 Å². The smallest absolute Gasteiger partial charge is 0.258 e. The number of nitrogens with zero attached hydrogens (tertiary/aromatic N) is 1. The summed E-state index contributed by atoms with van der Waals surface area (Å²) in [5.74, 6) is -1.26. The maximum Gasteiger partial charge on any atom is 0.258 e. The van der Waals surface area contributed by atoms with Gasteiger partial charge in [0, 0.05) is 18.1 Å². The molecular weight excluding hydrogens is 250 g/mol. The molecule has 7 nitrogen and oxygen atoms in total. The Kier molecular flexibility index (Phi) is 2.11. The number of Topliss-reactive ketones (excluding diaryl/α,β-unsaturated/α-hetero) is 1. The molecule has 19 heavy (non-hydrogen) atoms. The van der Waals surface area contributed by atoms with Crippen molar-refractivity contribution in [3.8, 4) is 0 Å². The Morgan fingerprint density at radius 2 is 2.05 bits per heavy atom. The predicted molar refractivity (Wildman–Crippen MR) is 64.0 cm³/mol. The third-order valence-electron chi connectivity index (χ3n) is 3.25. The van der Waals surface area contributed by atoms with Crippen LogP contribution in [0.25, 0.3) is 0 Å². The van der Waals surface area contributed by atoms with E-state index >= 15 is 0 Å². The molecule has 0 saturated heterocycles. The van der Waals surface area contributed by atoms with Crippen molar-refractivity contribution in [3.05, 3.63) is 35.4 Å². The molecule has 1 amide bonds. The Morgan fingerprint density at radius 1 is 1.37 bits per heavy atom. The summed E-state index contributed by atoms with van der Waals surface area (Å²) in [5.41, 5.74) is -4.01. The fraction of sp³-hybridized carbons (Fsp3) is 0.250. The molecule has 1 aromatic carbocycles. The standard InChI is InChI=1S/C12H11N3O4/c1-6(16)13-10-14-11(18)8-5-3-2-4-7(8)9(17)12(11,19)15-10/h2-5,18-19H,1H3,(H2,13,14,15,16). The van der Waals surface area contributed by atoms with E-state index in [4.69, 9.17) is 0 Å². The zero-order valence-corrected chi connectivity index (χ0v) is 9.97. The highest BCUT2D eigenvalue weighted by Crippen LogP contribution is 2.46. The van der Waals surface area contributed by atoms with Gasteiger partial charge in [-0.15, -0.1) is 0 Å². The van der Waals surface area contributed by atoms with E-state index in [2.05, 4.69) is 15.6 Å².